The molecule has 0 bridgehead atoms. The van der Waals surface area contributed by atoms with Gasteiger partial charge >= 0.3 is 6.05 Å². The number of benzene rings is 1. The van der Waals surface area contributed by atoms with E-state index in [1.165, 1.54) is 0 Å². The van der Waals surface area contributed by atoms with E-state index < -0.39 is 12.2 Å². The lowest BCUT2D eigenvalue weighted by Gasteiger charge is -2.38. The average Bonchev–Trinajstić information content (AvgIpc) is 2.23. The average molecular weight is 215 g/mol. The van der Waals surface area contributed by atoms with Crippen LogP contribution in [0.5, 0.6) is 0 Å². The molecule has 0 amide bonds. The van der Waals surface area contributed by atoms with Crippen molar-refractivity contribution in [1.82, 2.24) is 0 Å². The van der Waals surface area contributed by atoms with Crippen LogP contribution >= 0.6 is 0 Å². The summed E-state index contributed by atoms with van der Waals surface area (Å²) in [5, 5.41) is 0. The van der Waals surface area contributed by atoms with E-state index in [4.69, 9.17) is 0 Å². The maximum atomic E-state index is 13.5. The largest absolute Gasteiger partial charge is 0.356 e. The summed E-state index contributed by atoms with van der Waals surface area (Å²) in [6, 6.07) is 4.87. The van der Waals surface area contributed by atoms with Crippen LogP contribution in [0.3, 0.4) is 0 Å². The van der Waals surface area contributed by atoms with Gasteiger partial charge in [0.2, 0.25) is 0 Å². The molecule has 1 aromatic carbocycles. The Kier molecular flexibility index (Phi) is 2.59. The molecule has 1 aliphatic rings. The molecule has 2 rings (SSSR count). The number of piperidine rings is 1. The maximum absolute atomic E-state index is 13.5. The lowest BCUT2D eigenvalue weighted by molar-refractivity contribution is -0.0890. The Hall–Kier alpha value is -1.19. The summed E-state index contributed by atoms with van der Waals surface area (Å²) in [5.74, 6) is 0. The molecule has 1 saturated heterocycles. The van der Waals surface area contributed by atoms with Gasteiger partial charge in [-0.1, -0.05) is 18.2 Å². The molecule has 1 nitrogen and oxygen atoms in total. The lowest BCUT2D eigenvalue weighted by Crippen LogP contribution is -2.52. The predicted octanol–water partition coefficient (Wildman–Crippen LogP) is 3.22. The highest BCUT2D eigenvalue weighted by Crippen LogP contribution is 2.37. The number of nitrogens with zero attached hydrogens (tertiary/aromatic N) is 1. The summed E-state index contributed by atoms with van der Waals surface area (Å²) < 4.78 is 40.1. The molecule has 0 saturated carbocycles. The van der Waals surface area contributed by atoms with Crippen LogP contribution in [0.2, 0.25) is 0 Å². The van der Waals surface area contributed by atoms with Gasteiger partial charge in [0.15, 0.2) is 6.17 Å². The van der Waals surface area contributed by atoms with Crippen LogP contribution in [-0.4, -0.2) is 18.8 Å². The highest BCUT2D eigenvalue weighted by atomic mass is 19.3. The summed E-state index contributed by atoms with van der Waals surface area (Å²) in [7, 11) is 0. The van der Waals surface area contributed by atoms with Gasteiger partial charge in [-0.05, 0) is 25.0 Å². The predicted molar refractivity (Wildman–Crippen MR) is 52.9 cm³/mol. The van der Waals surface area contributed by atoms with Crippen LogP contribution in [0.15, 0.2) is 30.3 Å². The number of hydrogen-bond donors (Lipinski definition) is 0. The summed E-state index contributed by atoms with van der Waals surface area (Å²) in [6.07, 6.45) is -1.66. The number of para-hydroxylation sites is 1. The molecule has 1 fully saturated rings. The minimum absolute atomic E-state index is 0.0592. The molecule has 1 atom stereocenters. The van der Waals surface area contributed by atoms with E-state index in [1.54, 1.807) is 30.3 Å². The molecule has 15 heavy (non-hydrogen) atoms. The Labute approximate surface area is 86.5 Å². The third kappa shape index (κ3) is 1.80. The minimum Gasteiger partial charge on any atom is -0.311 e. The first kappa shape index (κ1) is 10.3. The number of halogens is 3. The number of rotatable bonds is 1. The Bertz CT molecular complexity index is 326. The monoisotopic (exact) mass is 215 g/mol. The first-order valence-electron chi connectivity index (χ1n) is 4.97. The van der Waals surface area contributed by atoms with Crippen LogP contribution < -0.4 is 4.90 Å². The molecule has 0 aliphatic carbocycles. The minimum atomic E-state index is -3.38. The van der Waals surface area contributed by atoms with Crippen molar-refractivity contribution >= 4 is 5.69 Å². The van der Waals surface area contributed by atoms with E-state index in [0.717, 1.165) is 4.90 Å². The van der Waals surface area contributed by atoms with Crippen molar-refractivity contribution in [2.24, 2.45) is 0 Å². The molecule has 0 aromatic heterocycles. The smallest absolute Gasteiger partial charge is 0.311 e. The van der Waals surface area contributed by atoms with Gasteiger partial charge in [0, 0.05) is 12.2 Å². The molecular weight excluding hydrogens is 203 g/mol. The molecule has 1 aliphatic heterocycles. The van der Waals surface area contributed by atoms with Crippen molar-refractivity contribution in [2.45, 2.75) is 25.1 Å². The van der Waals surface area contributed by atoms with E-state index in [0.29, 0.717) is 12.1 Å². The molecule has 0 spiro atoms. The second kappa shape index (κ2) is 3.76. The molecule has 82 valence electrons. The maximum Gasteiger partial charge on any atom is 0.356 e. The summed E-state index contributed by atoms with van der Waals surface area (Å²) in [5.41, 5.74) is 0.379. The molecule has 0 radical (unpaired) electrons. The van der Waals surface area contributed by atoms with Crippen LogP contribution in [0.1, 0.15) is 12.8 Å². The van der Waals surface area contributed by atoms with Crippen molar-refractivity contribution in [2.75, 3.05) is 11.4 Å². The van der Waals surface area contributed by atoms with Crippen LogP contribution in [0.25, 0.3) is 0 Å². The molecule has 0 N–H and O–H groups in total. The van der Waals surface area contributed by atoms with Crippen molar-refractivity contribution in [3.63, 3.8) is 0 Å². The van der Waals surface area contributed by atoms with Gasteiger partial charge < -0.3 is 4.90 Å². The number of anilines is 1. The third-order valence-electron chi connectivity index (χ3n) is 2.64. The third-order valence-corrected chi connectivity index (χ3v) is 2.64. The van der Waals surface area contributed by atoms with Gasteiger partial charge in [0.05, 0.1) is 0 Å². The molecule has 1 aromatic rings. The van der Waals surface area contributed by atoms with Crippen molar-refractivity contribution in [1.29, 1.82) is 0 Å². The van der Waals surface area contributed by atoms with Gasteiger partial charge in [0.25, 0.3) is 0 Å². The second-order valence-electron chi connectivity index (χ2n) is 3.68. The Morgan fingerprint density at radius 1 is 1.20 bits per heavy atom. The first-order valence-corrected chi connectivity index (χ1v) is 4.97. The zero-order valence-corrected chi connectivity index (χ0v) is 8.17. The molecule has 1 unspecified atom stereocenters. The fraction of sp³-hybridized carbons (Fsp3) is 0.455. The molecular formula is C11H12F3N. The highest BCUT2D eigenvalue weighted by molar-refractivity contribution is 5.48. The summed E-state index contributed by atoms with van der Waals surface area (Å²) in [4.78, 5) is 0.848. The van der Waals surface area contributed by atoms with E-state index in [9.17, 15) is 13.2 Å². The van der Waals surface area contributed by atoms with Crippen molar-refractivity contribution in [3.8, 4) is 0 Å². The molecule has 4 heteroatoms. The number of hydrogen-bond acceptors (Lipinski definition) is 1. The zero-order valence-electron chi connectivity index (χ0n) is 8.17. The summed E-state index contributed by atoms with van der Waals surface area (Å²) in [6.45, 7) is 0.206. The zero-order chi connectivity index (χ0) is 10.9. The van der Waals surface area contributed by atoms with Gasteiger partial charge in [-0.3, -0.25) is 0 Å². The van der Waals surface area contributed by atoms with Gasteiger partial charge in [0.1, 0.15) is 0 Å². The van der Waals surface area contributed by atoms with E-state index >= 15 is 0 Å². The second-order valence-corrected chi connectivity index (χ2v) is 3.68. The quantitative estimate of drug-likeness (QED) is 0.650. The number of alkyl halides is 3. The standard InChI is InChI=1S/C11H12F3N/c12-10-7-4-8-15(11(10,13)14)9-5-2-1-3-6-9/h1-3,5-6,10H,4,7-8H2. The van der Waals surface area contributed by atoms with Crippen molar-refractivity contribution < 1.29 is 13.2 Å². The van der Waals surface area contributed by atoms with E-state index in [2.05, 4.69) is 0 Å². The van der Waals surface area contributed by atoms with Crippen LogP contribution in [0.4, 0.5) is 18.9 Å². The van der Waals surface area contributed by atoms with Gasteiger partial charge in [-0.15, -0.1) is 0 Å². The van der Waals surface area contributed by atoms with Gasteiger partial charge in [-0.2, -0.15) is 8.78 Å². The van der Waals surface area contributed by atoms with E-state index in [-0.39, 0.29) is 13.0 Å². The Morgan fingerprint density at radius 2 is 1.87 bits per heavy atom. The normalized spacial score (nSPS) is 25.3. The fourth-order valence-electron chi connectivity index (χ4n) is 1.83. The van der Waals surface area contributed by atoms with Crippen LogP contribution in [-0.2, 0) is 0 Å². The first-order chi connectivity index (χ1) is 7.12. The highest BCUT2D eigenvalue weighted by Gasteiger charge is 2.48. The Balaban J connectivity index is 2.28. The van der Waals surface area contributed by atoms with Crippen molar-refractivity contribution in [3.05, 3.63) is 30.3 Å². The Morgan fingerprint density at radius 3 is 2.53 bits per heavy atom. The summed E-state index contributed by atoms with van der Waals surface area (Å²) >= 11 is 0. The fourth-order valence-corrected chi connectivity index (χ4v) is 1.83. The van der Waals surface area contributed by atoms with E-state index in [1.807, 2.05) is 0 Å². The van der Waals surface area contributed by atoms with Gasteiger partial charge in [-0.25, -0.2) is 4.39 Å². The molecule has 1 heterocycles. The topological polar surface area (TPSA) is 3.24 Å². The van der Waals surface area contributed by atoms with Crippen LogP contribution in [0, 0.1) is 0 Å². The SMILES string of the molecule is FC1CCCN(c2ccccc2)C1(F)F. The lowest BCUT2D eigenvalue weighted by atomic mass is 10.1.